The van der Waals surface area contributed by atoms with Crippen LogP contribution in [0.2, 0.25) is 0 Å². The molecule has 0 aliphatic carbocycles. The Morgan fingerprint density at radius 2 is 2.10 bits per heavy atom. The van der Waals surface area contributed by atoms with Crippen molar-refractivity contribution in [3.05, 3.63) is 54.0 Å². The second-order valence-corrected chi connectivity index (χ2v) is 5.69. The van der Waals surface area contributed by atoms with E-state index in [1.165, 1.54) is 5.56 Å². The first-order chi connectivity index (χ1) is 10.2. The molecular formula is C16H19NO3S. The number of carbonyl (C=O) groups excluding carboxylic acids is 1. The maximum atomic E-state index is 11.6. The van der Waals surface area contributed by atoms with Gasteiger partial charge in [-0.25, -0.2) is 0 Å². The molecule has 0 aliphatic heterocycles. The zero-order valence-electron chi connectivity index (χ0n) is 12.0. The molecule has 112 valence electrons. The molecule has 0 spiro atoms. The van der Waals surface area contributed by atoms with E-state index < -0.39 is 0 Å². The highest BCUT2D eigenvalue weighted by Gasteiger charge is 2.02. The summed E-state index contributed by atoms with van der Waals surface area (Å²) in [5, 5.41) is 2.83. The predicted octanol–water partition coefficient (Wildman–Crippen LogP) is 3.02. The summed E-state index contributed by atoms with van der Waals surface area (Å²) in [7, 11) is 0. The molecular weight excluding hydrogens is 286 g/mol. The van der Waals surface area contributed by atoms with Crippen molar-refractivity contribution in [1.82, 2.24) is 5.32 Å². The average molecular weight is 305 g/mol. The number of ether oxygens (including phenoxy) is 1. The predicted molar refractivity (Wildman–Crippen MR) is 84.6 cm³/mol. The monoisotopic (exact) mass is 305 g/mol. The van der Waals surface area contributed by atoms with Crippen molar-refractivity contribution in [3.63, 3.8) is 0 Å². The van der Waals surface area contributed by atoms with Crippen LogP contribution in [0.25, 0.3) is 0 Å². The Labute approximate surface area is 128 Å². The van der Waals surface area contributed by atoms with E-state index in [0.717, 1.165) is 17.3 Å². The van der Waals surface area contributed by atoms with E-state index >= 15 is 0 Å². The Balaban J connectivity index is 1.54. The quantitative estimate of drug-likeness (QED) is 0.762. The van der Waals surface area contributed by atoms with E-state index in [1.807, 2.05) is 43.3 Å². The van der Waals surface area contributed by atoms with Gasteiger partial charge >= 0.3 is 0 Å². The zero-order valence-corrected chi connectivity index (χ0v) is 12.8. The van der Waals surface area contributed by atoms with Crippen molar-refractivity contribution in [2.75, 3.05) is 18.9 Å². The fourth-order valence-electron chi connectivity index (χ4n) is 1.66. The SMILES string of the molecule is Cc1ccc(OCC(=O)NCCSCc2ccco2)cc1. The van der Waals surface area contributed by atoms with Crippen LogP contribution >= 0.6 is 11.8 Å². The molecule has 1 aromatic carbocycles. The number of amides is 1. The van der Waals surface area contributed by atoms with Gasteiger partial charge in [0.2, 0.25) is 0 Å². The summed E-state index contributed by atoms with van der Waals surface area (Å²) in [6.07, 6.45) is 1.67. The van der Waals surface area contributed by atoms with Gasteiger partial charge in [0.15, 0.2) is 6.61 Å². The minimum Gasteiger partial charge on any atom is -0.484 e. The highest BCUT2D eigenvalue weighted by molar-refractivity contribution is 7.98. The molecule has 0 fully saturated rings. The van der Waals surface area contributed by atoms with Gasteiger partial charge in [-0.3, -0.25) is 4.79 Å². The molecule has 0 aliphatic rings. The van der Waals surface area contributed by atoms with E-state index in [1.54, 1.807) is 18.0 Å². The van der Waals surface area contributed by atoms with Crippen LogP contribution < -0.4 is 10.1 Å². The number of thioether (sulfide) groups is 1. The molecule has 0 saturated heterocycles. The number of nitrogens with one attached hydrogen (secondary N) is 1. The zero-order chi connectivity index (χ0) is 14.9. The Bertz CT molecular complexity index is 537. The second kappa shape index (κ2) is 8.42. The number of benzene rings is 1. The van der Waals surface area contributed by atoms with Crippen LogP contribution in [0.15, 0.2) is 47.1 Å². The molecule has 2 aromatic rings. The first kappa shape index (κ1) is 15.5. The van der Waals surface area contributed by atoms with Gasteiger partial charge < -0.3 is 14.5 Å². The second-order valence-electron chi connectivity index (χ2n) is 4.58. The van der Waals surface area contributed by atoms with E-state index in [4.69, 9.17) is 9.15 Å². The average Bonchev–Trinajstić information content (AvgIpc) is 2.99. The highest BCUT2D eigenvalue weighted by Crippen LogP contribution is 2.12. The fourth-order valence-corrected chi connectivity index (χ4v) is 2.42. The van der Waals surface area contributed by atoms with Crippen LogP contribution in [0.5, 0.6) is 5.75 Å². The number of hydrogen-bond donors (Lipinski definition) is 1. The summed E-state index contributed by atoms with van der Waals surface area (Å²) in [4.78, 5) is 11.6. The summed E-state index contributed by atoms with van der Waals surface area (Å²) in [6.45, 7) is 2.68. The summed E-state index contributed by atoms with van der Waals surface area (Å²) in [5.41, 5.74) is 1.17. The summed E-state index contributed by atoms with van der Waals surface area (Å²) < 4.78 is 10.6. The molecule has 0 bridgehead atoms. The Hall–Kier alpha value is -1.88. The molecule has 1 heterocycles. The third kappa shape index (κ3) is 5.95. The first-order valence-electron chi connectivity index (χ1n) is 6.80. The third-order valence-corrected chi connectivity index (χ3v) is 3.77. The fraction of sp³-hybridized carbons (Fsp3) is 0.312. The van der Waals surface area contributed by atoms with Crippen LogP contribution in [-0.2, 0) is 10.5 Å². The van der Waals surface area contributed by atoms with Crippen molar-refractivity contribution in [2.45, 2.75) is 12.7 Å². The molecule has 1 amide bonds. The van der Waals surface area contributed by atoms with Gasteiger partial charge in [-0.2, -0.15) is 11.8 Å². The van der Waals surface area contributed by atoms with Gasteiger partial charge in [0.25, 0.3) is 5.91 Å². The lowest BCUT2D eigenvalue weighted by atomic mass is 10.2. The van der Waals surface area contributed by atoms with E-state index in [9.17, 15) is 4.79 Å². The van der Waals surface area contributed by atoms with Crippen LogP contribution in [0.3, 0.4) is 0 Å². The molecule has 0 unspecified atom stereocenters. The van der Waals surface area contributed by atoms with Gasteiger partial charge in [0.1, 0.15) is 11.5 Å². The van der Waals surface area contributed by atoms with Crippen molar-refractivity contribution >= 4 is 17.7 Å². The molecule has 1 aromatic heterocycles. The largest absolute Gasteiger partial charge is 0.484 e. The molecule has 0 saturated carbocycles. The van der Waals surface area contributed by atoms with E-state index in [-0.39, 0.29) is 12.5 Å². The molecule has 5 heteroatoms. The molecule has 2 rings (SSSR count). The van der Waals surface area contributed by atoms with E-state index in [2.05, 4.69) is 5.32 Å². The van der Waals surface area contributed by atoms with Crippen LogP contribution in [-0.4, -0.2) is 24.8 Å². The molecule has 1 N–H and O–H groups in total. The maximum Gasteiger partial charge on any atom is 0.257 e. The van der Waals surface area contributed by atoms with E-state index in [0.29, 0.717) is 12.3 Å². The van der Waals surface area contributed by atoms with Gasteiger partial charge in [-0.15, -0.1) is 0 Å². The Kier molecular flexibility index (Phi) is 6.22. The first-order valence-corrected chi connectivity index (χ1v) is 7.96. The van der Waals surface area contributed by atoms with Gasteiger partial charge in [0.05, 0.1) is 12.0 Å². The van der Waals surface area contributed by atoms with Crippen molar-refractivity contribution in [1.29, 1.82) is 0 Å². The minimum absolute atomic E-state index is 0.0475. The Morgan fingerprint density at radius 3 is 2.81 bits per heavy atom. The van der Waals surface area contributed by atoms with Crippen LogP contribution in [0.1, 0.15) is 11.3 Å². The minimum atomic E-state index is -0.103. The summed E-state index contributed by atoms with van der Waals surface area (Å²) in [6, 6.07) is 11.5. The van der Waals surface area contributed by atoms with Gasteiger partial charge in [0, 0.05) is 12.3 Å². The number of aryl methyl sites for hydroxylation is 1. The van der Waals surface area contributed by atoms with Crippen LogP contribution in [0, 0.1) is 6.92 Å². The maximum absolute atomic E-state index is 11.6. The van der Waals surface area contributed by atoms with Gasteiger partial charge in [-0.05, 0) is 31.2 Å². The van der Waals surface area contributed by atoms with Gasteiger partial charge in [-0.1, -0.05) is 17.7 Å². The summed E-state index contributed by atoms with van der Waals surface area (Å²) in [5.74, 6) is 3.23. The van der Waals surface area contributed by atoms with Crippen molar-refractivity contribution in [3.8, 4) is 5.75 Å². The third-order valence-electron chi connectivity index (χ3n) is 2.78. The van der Waals surface area contributed by atoms with Crippen molar-refractivity contribution in [2.24, 2.45) is 0 Å². The lowest BCUT2D eigenvalue weighted by Gasteiger charge is -2.07. The number of furan rings is 1. The molecule has 0 atom stereocenters. The summed E-state index contributed by atoms with van der Waals surface area (Å²) >= 11 is 1.72. The molecule has 21 heavy (non-hydrogen) atoms. The normalized spacial score (nSPS) is 10.3. The molecule has 4 nitrogen and oxygen atoms in total. The number of carbonyl (C=O) groups is 1. The Morgan fingerprint density at radius 1 is 1.29 bits per heavy atom. The number of hydrogen-bond acceptors (Lipinski definition) is 4. The van der Waals surface area contributed by atoms with Crippen molar-refractivity contribution < 1.29 is 13.9 Å². The number of rotatable bonds is 8. The molecule has 0 radical (unpaired) electrons. The van der Waals surface area contributed by atoms with Crippen LogP contribution in [0.4, 0.5) is 0 Å². The smallest absolute Gasteiger partial charge is 0.257 e. The lowest BCUT2D eigenvalue weighted by Crippen LogP contribution is -2.30. The topological polar surface area (TPSA) is 51.5 Å². The highest BCUT2D eigenvalue weighted by atomic mass is 32.2. The lowest BCUT2D eigenvalue weighted by molar-refractivity contribution is -0.122. The standard InChI is InChI=1S/C16H19NO3S/c1-13-4-6-14(7-5-13)20-11-16(18)17-8-10-21-12-15-3-2-9-19-15/h2-7,9H,8,10-12H2,1H3,(H,17,18).